The quantitative estimate of drug-likeness (QED) is 0.735. The third-order valence-electron chi connectivity index (χ3n) is 4.65. The van der Waals surface area contributed by atoms with Crippen molar-refractivity contribution in [1.82, 2.24) is 19.9 Å². The summed E-state index contributed by atoms with van der Waals surface area (Å²) in [6.07, 6.45) is 8.89. The fourth-order valence-corrected chi connectivity index (χ4v) is 3.56. The number of amides is 2. The number of aromatic nitrogens is 3. The van der Waals surface area contributed by atoms with E-state index in [4.69, 9.17) is 11.6 Å². The maximum atomic E-state index is 12.6. The molecule has 0 saturated carbocycles. The molecule has 2 aromatic heterocycles. The normalized spacial score (nSPS) is 18.8. The van der Waals surface area contributed by atoms with Crippen LogP contribution >= 0.6 is 11.6 Å². The van der Waals surface area contributed by atoms with E-state index in [-0.39, 0.29) is 18.1 Å². The van der Waals surface area contributed by atoms with Crippen LogP contribution < -0.4 is 10.6 Å². The number of nitrogens with zero attached hydrogens (tertiary/aromatic N) is 3. The second-order valence-electron chi connectivity index (χ2n) is 6.25. The lowest BCUT2D eigenvalue weighted by Crippen LogP contribution is -2.39. The van der Waals surface area contributed by atoms with Crippen molar-refractivity contribution in [3.05, 3.63) is 77.5 Å². The van der Waals surface area contributed by atoms with Gasteiger partial charge in [-0.3, -0.25) is 5.32 Å². The number of carbonyl (C=O) groups is 1. The van der Waals surface area contributed by atoms with Crippen LogP contribution in [0.5, 0.6) is 0 Å². The van der Waals surface area contributed by atoms with Crippen molar-refractivity contribution >= 4 is 23.4 Å². The SMILES string of the molecule is O=C(Nc1ccc(Cl)cn1)N[C@H]1c2ccccc2CC[C@@H]1n1ccnc1. The summed E-state index contributed by atoms with van der Waals surface area (Å²) in [6.45, 7) is 0. The summed E-state index contributed by atoms with van der Waals surface area (Å²) in [7, 11) is 0. The molecule has 0 fully saturated rings. The minimum Gasteiger partial charge on any atom is -0.332 e. The van der Waals surface area contributed by atoms with Gasteiger partial charge in [-0.1, -0.05) is 35.9 Å². The van der Waals surface area contributed by atoms with E-state index in [0.717, 1.165) is 18.4 Å². The monoisotopic (exact) mass is 367 g/mol. The molecule has 0 spiro atoms. The minimum absolute atomic E-state index is 0.108. The molecule has 0 bridgehead atoms. The Morgan fingerprint density at radius 2 is 2.12 bits per heavy atom. The number of anilines is 1. The molecule has 1 aliphatic carbocycles. The number of imidazole rings is 1. The van der Waals surface area contributed by atoms with E-state index in [1.54, 1.807) is 24.7 Å². The van der Waals surface area contributed by atoms with E-state index in [1.165, 1.54) is 11.8 Å². The number of urea groups is 1. The molecule has 2 atom stereocenters. The van der Waals surface area contributed by atoms with Gasteiger partial charge >= 0.3 is 6.03 Å². The van der Waals surface area contributed by atoms with Crippen LogP contribution in [0.1, 0.15) is 29.6 Å². The Bertz CT molecular complexity index is 895. The lowest BCUT2D eigenvalue weighted by atomic mass is 9.84. The number of carbonyl (C=O) groups excluding carboxylic acids is 1. The molecule has 0 radical (unpaired) electrons. The standard InChI is InChI=1S/C19H18ClN5O/c20-14-6-8-17(22-11-14)23-19(26)24-18-15-4-2-1-3-13(15)5-7-16(18)25-10-9-21-12-25/h1-4,6,8-12,16,18H,5,7H2,(H2,22,23,24,26)/t16-,18-/m0/s1. The van der Waals surface area contributed by atoms with Crippen molar-refractivity contribution in [2.45, 2.75) is 24.9 Å². The molecule has 4 rings (SSSR count). The smallest absolute Gasteiger partial charge is 0.320 e. The number of aryl methyl sites for hydroxylation is 1. The fourth-order valence-electron chi connectivity index (χ4n) is 3.45. The van der Waals surface area contributed by atoms with Gasteiger partial charge < -0.3 is 9.88 Å². The average molecular weight is 368 g/mol. The molecule has 26 heavy (non-hydrogen) atoms. The van der Waals surface area contributed by atoms with Crippen molar-refractivity contribution in [2.24, 2.45) is 0 Å². The molecular formula is C19H18ClN5O. The molecule has 1 aromatic carbocycles. The molecule has 6 nitrogen and oxygen atoms in total. The van der Waals surface area contributed by atoms with E-state index < -0.39 is 0 Å². The zero-order valence-electron chi connectivity index (χ0n) is 14.0. The highest BCUT2D eigenvalue weighted by atomic mass is 35.5. The van der Waals surface area contributed by atoms with E-state index in [0.29, 0.717) is 10.8 Å². The van der Waals surface area contributed by atoms with Gasteiger partial charge in [-0.2, -0.15) is 0 Å². The van der Waals surface area contributed by atoms with Crippen LogP contribution in [0.2, 0.25) is 5.02 Å². The Balaban J connectivity index is 1.58. The molecule has 132 valence electrons. The third kappa shape index (κ3) is 3.41. The topological polar surface area (TPSA) is 71.8 Å². The highest BCUT2D eigenvalue weighted by Gasteiger charge is 2.31. The van der Waals surface area contributed by atoms with Crippen LogP contribution in [0, 0.1) is 0 Å². The van der Waals surface area contributed by atoms with Gasteiger partial charge in [-0.15, -0.1) is 0 Å². The highest BCUT2D eigenvalue weighted by Crippen LogP contribution is 2.37. The molecular weight excluding hydrogens is 350 g/mol. The van der Waals surface area contributed by atoms with Crippen LogP contribution in [0.25, 0.3) is 0 Å². The number of nitrogens with one attached hydrogen (secondary N) is 2. The van der Waals surface area contributed by atoms with Gasteiger partial charge in [-0.05, 0) is 36.1 Å². The predicted molar refractivity (Wildman–Crippen MR) is 100 cm³/mol. The van der Waals surface area contributed by atoms with Crippen molar-refractivity contribution in [2.75, 3.05) is 5.32 Å². The molecule has 0 saturated heterocycles. The van der Waals surface area contributed by atoms with Crippen LogP contribution in [0.4, 0.5) is 10.6 Å². The number of halogens is 1. The lowest BCUT2D eigenvalue weighted by molar-refractivity contribution is 0.239. The Labute approximate surface area is 156 Å². The third-order valence-corrected chi connectivity index (χ3v) is 4.87. The maximum absolute atomic E-state index is 12.6. The van der Waals surface area contributed by atoms with Gasteiger partial charge in [0.1, 0.15) is 5.82 Å². The van der Waals surface area contributed by atoms with E-state index >= 15 is 0 Å². The first kappa shape index (κ1) is 16.6. The summed E-state index contributed by atoms with van der Waals surface area (Å²) < 4.78 is 2.06. The molecule has 2 N–H and O–H groups in total. The largest absolute Gasteiger partial charge is 0.332 e. The van der Waals surface area contributed by atoms with Gasteiger partial charge in [0, 0.05) is 18.6 Å². The molecule has 3 aromatic rings. The summed E-state index contributed by atoms with van der Waals surface area (Å²) in [4.78, 5) is 20.8. The molecule has 0 aliphatic heterocycles. The first-order valence-corrected chi connectivity index (χ1v) is 8.83. The zero-order chi connectivity index (χ0) is 17.9. The Kier molecular flexibility index (Phi) is 4.58. The van der Waals surface area contributed by atoms with Gasteiger partial charge in [0.25, 0.3) is 0 Å². The zero-order valence-corrected chi connectivity index (χ0v) is 14.7. The number of pyridine rings is 1. The van der Waals surface area contributed by atoms with Crippen LogP contribution in [-0.2, 0) is 6.42 Å². The molecule has 7 heteroatoms. The predicted octanol–water partition coefficient (Wildman–Crippen LogP) is 3.98. The summed E-state index contributed by atoms with van der Waals surface area (Å²) in [6, 6.07) is 11.2. The van der Waals surface area contributed by atoms with Crippen molar-refractivity contribution < 1.29 is 4.79 Å². The fraction of sp³-hybridized carbons (Fsp3) is 0.211. The second-order valence-corrected chi connectivity index (χ2v) is 6.69. The summed E-state index contributed by atoms with van der Waals surface area (Å²) in [5.74, 6) is 0.454. The van der Waals surface area contributed by atoms with Gasteiger partial charge in [-0.25, -0.2) is 14.8 Å². The van der Waals surface area contributed by atoms with Crippen molar-refractivity contribution in [1.29, 1.82) is 0 Å². The number of rotatable bonds is 3. The van der Waals surface area contributed by atoms with Gasteiger partial charge in [0.15, 0.2) is 0 Å². The van der Waals surface area contributed by atoms with Crippen LogP contribution in [0.15, 0.2) is 61.3 Å². The Morgan fingerprint density at radius 3 is 2.88 bits per heavy atom. The van der Waals surface area contributed by atoms with Gasteiger partial charge in [0.05, 0.1) is 23.4 Å². The van der Waals surface area contributed by atoms with Crippen molar-refractivity contribution in [3.63, 3.8) is 0 Å². The van der Waals surface area contributed by atoms with Gasteiger partial charge in [0.2, 0.25) is 0 Å². The van der Waals surface area contributed by atoms with Crippen molar-refractivity contribution in [3.8, 4) is 0 Å². The summed E-state index contributed by atoms with van der Waals surface area (Å²) in [5, 5.41) is 6.40. The molecule has 0 unspecified atom stereocenters. The van der Waals surface area contributed by atoms with Crippen LogP contribution in [-0.4, -0.2) is 20.6 Å². The number of fused-ring (bicyclic) bond motifs is 1. The Morgan fingerprint density at radius 1 is 1.23 bits per heavy atom. The maximum Gasteiger partial charge on any atom is 0.320 e. The number of hydrogen-bond donors (Lipinski definition) is 2. The number of benzene rings is 1. The van der Waals surface area contributed by atoms with E-state index in [2.05, 4.69) is 37.3 Å². The first-order chi connectivity index (χ1) is 12.7. The summed E-state index contributed by atoms with van der Waals surface area (Å²) in [5.41, 5.74) is 2.40. The Hall–Kier alpha value is -2.86. The lowest BCUT2D eigenvalue weighted by Gasteiger charge is -2.34. The number of hydrogen-bond acceptors (Lipinski definition) is 3. The average Bonchev–Trinajstić information content (AvgIpc) is 3.18. The summed E-state index contributed by atoms with van der Waals surface area (Å²) >= 11 is 5.84. The van der Waals surface area contributed by atoms with E-state index in [1.807, 2.05) is 18.3 Å². The van der Waals surface area contributed by atoms with Crippen LogP contribution in [0.3, 0.4) is 0 Å². The highest BCUT2D eigenvalue weighted by molar-refractivity contribution is 6.30. The molecule has 1 aliphatic rings. The molecule has 2 amide bonds. The second kappa shape index (κ2) is 7.17. The first-order valence-electron chi connectivity index (χ1n) is 8.45. The molecule has 2 heterocycles. The minimum atomic E-state index is -0.299. The van der Waals surface area contributed by atoms with E-state index in [9.17, 15) is 4.79 Å².